The first-order valence-electron chi connectivity index (χ1n) is 6.51. The molecule has 2 rings (SSSR count). The van der Waals surface area contributed by atoms with Gasteiger partial charge < -0.3 is 14.4 Å². The first-order valence-corrected chi connectivity index (χ1v) is 6.89. The fraction of sp³-hybridized carbons (Fsp3) is 0.333. The number of hydrogen-bond donors (Lipinski definition) is 0. The van der Waals surface area contributed by atoms with Crippen LogP contribution in [-0.4, -0.2) is 29.6 Å². The maximum Gasteiger partial charge on any atom is 0.377 e. The summed E-state index contributed by atoms with van der Waals surface area (Å²) < 4.78 is 23.3. The lowest BCUT2D eigenvalue weighted by Crippen LogP contribution is -2.25. The lowest BCUT2D eigenvalue weighted by Gasteiger charge is -2.16. The van der Waals surface area contributed by atoms with Crippen molar-refractivity contribution >= 4 is 23.5 Å². The van der Waals surface area contributed by atoms with Gasteiger partial charge >= 0.3 is 5.97 Å². The number of benzene rings is 1. The van der Waals surface area contributed by atoms with Crippen molar-refractivity contribution in [3.05, 3.63) is 46.4 Å². The lowest BCUT2D eigenvalue weighted by molar-refractivity contribution is -0.159. The van der Waals surface area contributed by atoms with Gasteiger partial charge in [-0.3, -0.25) is 4.79 Å². The molecular formula is C15H15ClFNO4. The summed E-state index contributed by atoms with van der Waals surface area (Å²) in [7, 11) is 1.54. The van der Waals surface area contributed by atoms with Crippen molar-refractivity contribution in [3.63, 3.8) is 0 Å². The summed E-state index contributed by atoms with van der Waals surface area (Å²) in [6.45, 7) is 3.35. The third-order valence-electron chi connectivity index (χ3n) is 2.93. The van der Waals surface area contributed by atoms with Crippen molar-refractivity contribution in [2.75, 3.05) is 7.05 Å². The minimum absolute atomic E-state index is 0.0128. The SMILES string of the molecule is CN(Cc1ccc(F)c(Cl)c1)C(=O)/C=C1\OC(C)(C)OC1=O. The van der Waals surface area contributed by atoms with Gasteiger partial charge in [0.15, 0.2) is 0 Å². The zero-order valence-electron chi connectivity index (χ0n) is 12.4. The van der Waals surface area contributed by atoms with E-state index in [9.17, 15) is 14.0 Å². The summed E-state index contributed by atoms with van der Waals surface area (Å²) in [5.41, 5.74) is 0.663. The molecule has 0 atom stereocenters. The molecule has 0 unspecified atom stereocenters. The molecule has 0 N–H and O–H groups in total. The fourth-order valence-corrected chi connectivity index (χ4v) is 2.10. The van der Waals surface area contributed by atoms with Crippen LogP contribution in [0.3, 0.4) is 0 Å². The molecule has 7 heteroatoms. The maximum atomic E-state index is 13.1. The van der Waals surface area contributed by atoms with Crippen molar-refractivity contribution in [1.82, 2.24) is 4.90 Å². The Hall–Kier alpha value is -2.08. The molecule has 5 nitrogen and oxygen atoms in total. The van der Waals surface area contributed by atoms with E-state index < -0.39 is 23.5 Å². The average molecular weight is 328 g/mol. The highest BCUT2D eigenvalue weighted by molar-refractivity contribution is 6.30. The summed E-state index contributed by atoms with van der Waals surface area (Å²) in [5, 5.41) is -0.0128. The summed E-state index contributed by atoms with van der Waals surface area (Å²) in [4.78, 5) is 25.0. The van der Waals surface area contributed by atoms with Crippen LogP contribution in [0.2, 0.25) is 5.02 Å². The standard InChI is InChI=1S/C15H15ClFNO4/c1-15(2)21-12(14(20)22-15)7-13(19)18(3)8-9-4-5-11(17)10(16)6-9/h4-7H,8H2,1-3H3/b12-7-. The first kappa shape index (κ1) is 16.3. The van der Waals surface area contributed by atoms with Crippen molar-refractivity contribution < 1.29 is 23.5 Å². The van der Waals surface area contributed by atoms with Crippen LogP contribution in [0.25, 0.3) is 0 Å². The number of esters is 1. The Morgan fingerprint density at radius 1 is 1.41 bits per heavy atom. The minimum atomic E-state index is -1.08. The van der Waals surface area contributed by atoms with Gasteiger partial charge in [-0.25, -0.2) is 9.18 Å². The maximum absolute atomic E-state index is 13.1. The van der Waals surface area contributed by atoms with E-state index in [-0.39, 0.29) is 17.3 Å². The highest BCUT2D eigenvalue weighted by atomic mass is 35.5. The summed E-state index contributed by atoms with van der Waals surface area (Å²) in [6, 6.07) is 4.20. The molecule has 1 aromatic rings. The van der Waals surface area contributed by atoms with Crippen molar-refractivity contribution in [1.29, 1.82) is 0 Å². The summed E-state index contributed by atoms with van der Waals surface area (Å²) in [6.07, 6.45) is 1.07. The highest BCUT2D eigenvalue weighted by Crippen LogP contribution is 2.26. The second-order valence-electron chi connectivity index (χ2n) is 5.34. The van der Waals surface area contributed by atoms with Gasteiger partial charge in [-0.2, -0.15) is 0 Å². The van der Waals surface area contributed by atoms with E-state index in [1.807, 2.05) is 0 Å². The summed E-state index contributed by atoms with van der Waals surface area (Å²) in [5.74, 6) is -2.86. The van der Waals surface area contributed by atoms with Gasteiger partial charge in [0.1, 0.15) is 5.82 Å². The Morgan fingerprint density at radius 3 is 2.64 bits per heavy atom. The first-order chi connectivity index (χ1) is 10.2. The van der Waals surface area contributed by atoms with Gasteiger partial charge in [0.25, 0.3) is 5.91 Å². The zero-order chi connectivity index (χ0) is 16.5. The van der Waals surface area contributed by atoms with E-state index >= 15 is 0 Å². The van der Waals surface area contributed by atoms with E-state index in [0.29, 0.717) is 5.56 Å². The van der Waals surface area contributed by atoms with Crippen molar-refractivity contribution in [2.24, 2.45) is 0 Å². The average Bonchev–Trinajstić information content (AvgIpc) is 2.66. The molecule has 0 aliphatic carbocycles. The molecule has 1 heterocycles. The van der Waals surface area contributed by atoms with Crippen LogP contribution in [0.1, 0.15) is 19.4 Å². The number of carbonyl (C=O) groups excluding carboxylic acids is 2. The molecule has 1 amide bonds. The Morgan fingerprint density at radius 2 is 2.09 bits per heavy atom. The smallest absolute Gasteiger partial charge is 0.377 e. The molecule has 22 heavy (non-hydrogen) atoms. The lowest BCUT2D eigenvalue weighted by atomic mass is 10.2. The Kier molecular flexibility index (Phi) is 4.42. The molecule has 1 aliphatic heterocycles. The molecule has 0 spiro atoms. The second-order valence-corrected chi connectivity index (χ2v) is 5.75. The molecule has 0 radical (unpaired) electrons. The molecule has 1 fully saturated rings. The van der Waals surface area contributed by atoms with Crippen LogP contribution in [-0.2, 0) is 25.6 Å². The van der Waals surface area contributed by atoms with E-state index in [1.54, 1.807) is 20.9 Å². The molecule has 118 valence electrons. The number of nitrogens with zero attached hydrogens (tertiary/aromatic N) is 1. The number of rotatable bonds is 3. The third kappa shape index (κ3) is 3.76. The predicted molar refractivity (Wildman–Crippen MR) is 77.2 cm³/mol. The molecule has 0 bridgehead atoms. The fourth-order valence-electron chi connectivity index (χ4n) is 1.90. The monoisotopic (exact) mass is 327 g/mol. The molecule has 1 saturated heterocycles. The highest BCUT2D eigenvalue weighted by Gasteiger charge is 2.37. The predicted octanol–water partition coefficient (Wildman–Crippen LogP) is 2.63. The summed E-state index contributed by atoms with van der Waals surface area (Å²) >= 11 is 5.69. The molecule has 1 aliphatic rings. The van der Waals surface area contributed by atoms with Crippen LogP contribution in [0.4, 0.5) is 4.39 Å². The molecule has 1 aromatic carbocycles. The zero-order valence-corrected chi connectivity index (χ0v) is 13.1. The van der Waals surface area contributed by atoms with E-state index in [4.69, 9.17) is 21.1 Å². The number of likely N-dealkylation sites (N-methyl/N-ethyl adjacent to an activating group) is 1. The second kappa shape index (κ2) is 5.96. The van der Waals surface area contributed by atoms with Crippen LogP contribution < -0.4 is 0 Å². The largest absolute Gasteiger partial charge is 0.445 e. The molecule has 0 aromatic heterocycles. The quantitative estimate of drug-likeness (QED) is 0.632. The van der Waals surface area contributed by atoms with Gasteiger partial charge in [-0.1, -0.05) is 17.7 Å². The minimum Gasteiger partial charge on any atom is -0.445 e. The van der Waals surface area contributed by atoms with Gasteiger partial charge in [0, 0.05) is 27.4 Å². The van der Waals surface area contributed by atoms with Crippen LogP contribution in [0, 0.1) is 5.82 Å². The van der Waals surface area contributed by atoms with Gasteiger partial charge in [0.05, 0.1) is 11.1 Å². The number of cyclic esters (lactones) is 1. The topological polar surface area (TPSA) is 55.8 Å². The number of carbonyl (C=O) groups is 2. The Bertz CT molecular complexity index is 657. The number of amides is 1. The normalized spacial score (nSPS) is 18.0. The van der Waals surface area contributed by atoms with E-state index in [2.05, 4.69) is 0 Å². The van der Waals surface area contributed by atoms with Gasteiger partial charge in [-0.15, -0.1) is 0 Å². The number of ether oxygens (including phenoxy) is 2. The van der Waals surface area contributed by atoms with Gasteiger partial charge in [-0.05, 0) is 17.7 Å². The number of halogens is 2. The number of hydrogen-bond acceptors (Lipinski definition) is 4. The van der Waals surface area contributed by atoms with Gasteiger partial charge in [0.2, 0.25) is 11.5 Å². The van der Waals surface area contributed by atoms with E-state index in [0.717, 1.165) is 6.08 Å². The molecular weight excluding hydrogens is 313 g/mol. The van der Waals surface area contributed by atoms with E-state index in [1.165, 1.54) is 23.1 Å². The Labute approximate surface area is 132 Å². The Balaban J connectivity index is 2.06. The third-order valence-corrected chi connectivity index (χ3v) is 3.22. The van der Waals surface area contributed by atoms with Crippen LogP contribution in [0.5, 0.6) is 0 Å². The van der Waals surface area contributed by atoms with Crippen molar-refractivity contribution in [2.45, 2.75) is 26.2 Å². The van der Waals surface area contributed by atoms with Crippen LogP contribution in [0.15, 0.2) is 30.0 Å². The van der Waals surface area contributed by atoms with Crippen molar-refractivity contribution in [3.8, 4) is 0 Å². The van der Waals surface area contributed by atoms with Crippen LogP contribution >= 0.6 is 11.6 Å². The molecule has 0 saturated carbocycles.